The molecular formula is C42H44ClN9O5S. The van der Waals surface area contributed by atoms with Crippen LogP contribution < -0.4 is 10.2 Å². The number of anilines is 1. The molecule has 1 N–H and O–H groups in total. The lowest BCUT2D eigenvalue weighted by Crippen LogP contribution is -2.54. The highest BCUT2D eigenvalue weighted by Gasteiger charge is 2.46. The molecule has 3 fully saturated rings. The van der Waals surface area contributed by atoms with E-state index in [1.807, 2.05) is 42.2 Å². The van der Waals surface area contributed by atoms with Gasteiger partial charge < -0.3 is 9.80 Å². The second kappa shape index (κ2) is 15.2. The van der Waals surface area contributed by atoms with Gasteiger partial charge in [-0.3, -0.25) is 48.6 Å². The van der Waals surface area contributed by atoms with Gasteiger partial charge in [-0.25, -0.2) is 0 Å². The molecule has 2 atom stereocenters. The number of carbonyl (C=O) groups is 5. The van der Waals surface area contributed by atoms with E-state index in [1.54, 1.807) is 23.5 Å². The van der Waals surface area contributed by atoms with E-state index in [0.717, 1.165) is 70.6 Å². The minimum atomic E-state index is -0.996. The van der Waals surface area contributed by atoms with E-state index < -0.39 is 35.7 Å². The van der Waals surface area contributed by atoms with Crippen LogP contribution in [0.2, 0.25) is 5.02 Å². The quantitative estimate of drug-likeness (QED) is 0.263. The van der Waals surface area contributed by atoms with Gasteiger partial charge in [-0.05, 0) is 75.8 Å². The number of amides is 5. The van der Waals surface area contributed by atoms with Crippen molar-refractivity contribution in [3.05, 3.63) is 91.8 Å². The molecule has 3 saturated heterocycles. The highest BCUT2D eigenvalue weighted by Crippen LogP contribution is 2.40. The molecule has 5 amide bonds. The van der Waals surface area contributed by atoms with Gasteiger partial charge in [-0.1, -0.05) is 29.8 Å². The number of rotatable bonds is 7. The predicted octanol–water partition coefficient (Wildman–Crippen LogP) is 4.65. The number of nitrogens with one attached hydrogen (secondary N) is 1. The molecule has 9 rings (SSSR count). The standard InChI is InChI=1S/C42H44ClN9O5S/c1-23-24(2)58-42-35(23)37(27-7-9-28(43)10-8-27)44-30(38-47-46-25(3)51(38)42)21-34(54)50-15-13-26(14-16-50)22-48-17-19-49(20-18-48)31-6-4-5-29-36(31)41(57)52(40(29)56)32-11-12-33(53)45-39(32)55/h4-10,26,30,32H,11-22H2,1-3H3,(H,45,53,55)/t30-,32?/m0/s1. The van der Waals surface area contributed by atoms with E-state index in [4.69, 9.17) is 16.6 Å². The lowest BCUT2D eigenvalue weighted by atomic mass is 9.95. The van der Waals surface area contributed by atoms with Crippen LogP contribution in [0.5, 0.6) is 0 Å². The molecule has 0 spiro atoms. The number of hydrogen-bond donors (Lipinski definition) is 1. The summed E-state index contributed by atoms with van der Waals surface area (Å²) in [6.07, 6.45) is 2.20. The van der Waals surface area contributed by atoms with E-state index in [0.29, 0.717) is 59.8 Å². The van der Waals surface area contributed by atoms with Gasteiger partial charge in [0.25, 0.3) is 11.8 Å². The Hall–Kier alpha value is -5.25. The first-order valence-corrected chi connectivity index (χ1v) is 21.1. The van der Waals surface area contributed by atoms with Crippen LogP contribution in [-0.2, 0) is 14.4 Å². The number of piperidine rings is 2. The van der Waals surface area contributed by atoms with E-state index in [2.05, 4.69) is 43.7 Å². The number of piperazine rings is 1. The zero-order chi connectivity index (χ0) is 40.4. The number of thiophene rings is 1. The largest absolute Gasteiger partial charge is 0.368 e. The van der Waals surface area contributed by atoms with Crippen LogP contribution in [0.25, 0.3) is 5.00 Å². The molecule has 14 nitrogen and oxygen atoms in total. The van der Waals surface area contributed by atoms with Gasteiger partial charge in [0.15, 0.2) is 5.82 Å². The normalized spacial score (nSPS) is 21.4. The summed E-state index contributed by atoms with van der Waals surface area (Å²) in [7, 11) is 0. The second-order valence-corrected chi connectivity index (χ2v) is 17.5. The molecule has 0 aliphatic carbocycles. The number of aromatic nitrogens is 3. The molecule has 4 aromatic rings. The van der Waals surface area contributed by atoms with Crippen molar-refractivity contribution in [3.8, 4) is 5.00 Å². The van der Waals surface area contributed by atoms with E-state index >= 15 is 0 Å². The van der Waals surface area contributed by atoms with Crippen LogP contribution in [0.15, 0.2) is 47.5 Å². The summed E-state index contributed by atoms with van der Waals surface area (Å²) in [5.74, 6) is -0.0573. The van der Waals surface area contributed by atoms with Crippen molar-refractivity contribution in [1.29, 1.82) is 0 Å². The Bertz CT molecular complexity index is 2390. The molecule has 2 aromatic heterocycles. The Morgan fingerprint density at radius 1 is 0.879 bits per heavy atom. The van der Waals surface area contributed by atoms with Gasteiger partial charge in [-0.2, -0.15) is 0 Å². The van der Waals surface area contributed by atoms with Crippen molar-refractivity contribution in [2.75, 3.05) is 50.7 Å². The third-order valence-corrected chi connectivity index (χ3v) is 13.8. The average Bonchev–Trinajstić information content (AvgIpc) is 3.79. The molecule has 1 unspecified atom stereocenters. The molecule has 5 aliphatic heterocycles. The first-order valence-electron chi connectivity index (χ1n) is 19.9. The Morgan fingerprint density at radius 2 is 1.62 bits per heavy atom. The predicted molar refractivity (Wildman–Crippen MR) is 219 cm³/mol. The molecule has 0 radical (unpaired) electrons. The van der Waals surface area contributed by atoms with Crippen molar-refractivity contribution in [2.45, 2.75) is 65.0 Å². The molecular weight excluding hydrogens is 778 g/mol. The highest BCUT2D eigenvalue weighted by atomic mass is 35.5. The summed E-state index contributed by atoms with van der Waals surface area (Å²) in [6, 6.07) is 11.5. The number of likely N-dealkylation sites (tertiary alicyclic amines) is 1. The average molecular weight is 822 g/mol. The van der Waals surface area contributed by atoms with Crippen LogP contribution in [-0.4, -0.2) is 117 Å². The monoisotopic (exact) mass is 821 g/mol. The summed E-state index contributed by atoms with van der Waals surface area (Å²) in [5, 5.41) is 12.9. The number of fused-ring (bicyclic) bond motifs is 4. The SMILES string of the molecule is Cc1sc2c(c1C)C(c1ccc(Cl)cc1)=N[C@@H](CC(=O)N1CCC(CN3CCN(c4cccc5c4C(=O)N(C4CCC(=O)NC4=O)C5=O)CC3)CC1)c1nnc(C)n1-2. The number of benzene rings is 2. The maximum Gasteiger partial charge on any atom is 0.264 e. The summed E-state index contributed by atoms with van der Waals surface area (Å²) in [4.78, 5) is 79.5. The fraction of sp³-hybridized carbons (Fsp3) is 0.429. The highest BCUT2D eigenvalue weighted by molar-refractivity contribution is 7.15. The third-order valence-electron chi connectivity index (χ3n) is 12.4. The smallest absolute Gasteiger partial charge is 0.264 e. The number of nitrogens with zero attached hydrogens (tertiary/aromatic N) is 8. The molecule has 0 saturated carbocycles. The van der Waals surface area contributed by atoms with E-state index in [-0.39, 0.29) is 25.2 Å². The third kappa shape index (κ3) is 6.72. The Kier molecular flexibility index (Phi) is 10.0. The molecule has 16 heteroatoms. The Morgan fingerprint density at radius 3 is 2.34 bits per heavy atom. The van der Waals surface area contributed by atoms with E-state index in [1.165, 1.54) is 4.88 Å². The summed E-state index contributed by atoms with van der Waals surface area (Å²) in [6.45, 7) is 11.4. The minimum Gasteiger partial charge on any atom is -0.368 e. The Labute approximate surface area is 344 Å². The number of carbonyl (C=O) groups excluding carboxylic acids is 5. The molecule has 58 heavy (non-hydrogen) atoms. The van der Waals surface area contributed by atoms with Crippen molar-refractivity contribution in [3.63, 3.8) is 0 Å². The van der Waals surface area contributed by atoms with Crippen LogP contribution in [0, 0.1) is 26.7 Å². The van der Waals surface area contributed by atoms with Crippen LogP contribution in [0.3, 0.4) is 0 Å². The second-order valence-electron chi connectivity index (χ2n) is 15.9. The van der Waals surface area contributed by atoms with Crippen LogP contribution in [0.1, 0.15) is 92.1 Å². The first kappa shape index (κ1) is 38.3. The number of aryl methyl sites for hydroxylation is 2. The Balaban J connectivity index is 0.829. The number of hydrogen-bond acceptors (Lipinski definition) is 11. The lowest BCUT2D eigenvalue weighted by molar-refractivity contribution is -0.136. The molecule has 5 aliphatic rings. The van der Waals surface area contributed by atoms with E-state index in [9.17, 15) is 24.0 Å². The topological polar surface area (TPSA) is 153 Å². The van der Waals surface area contributed by atoms with Gasteiger partial charge in [0.2, 0.25) is 17.7 Å². The van der Waals surface area contributed by atoms with Gasteiger partial charge in [0.05, 0.1) is 28.9 Å². The fourth-order valence-corrected chi connectivity index (χ4v) is 10.4. The van der Waals surface area contributed by atoms with Crippen molar-refractivity contribution in [1.82, 2.24) is 34.8 Å². The maximum absolute atomic E-state index is 14.0. The molecule has 300 valence electrons. The molecule has 0 bridgehead atoms. The first-order chi connectivity index (χ1) is 28.0. The van der Waals surface area contributed by atoms with Crippen LogP contribution in [0.4, 0.5) is 5.69 Å². The lowest BCUT2D eigenvalue weighted by Gasteiger charge is -2.40. The van der Waals surface area contributed by atoms with Gasteiger partial charge in [0.1, 0.15) is 22.9 Å². The summed E-state index contributed by atoms with van der Waals surface area (Å²) < 4.78 is 2.08. The van der Waals surface area contributed by atoms with Crippen molar-refractivity contribution < 1.29 is 24.0 Å². The summed E-state index contributed by atoms with van der Waals surface area (Å²) >= 11 is 7.97. The van der Waals surface area contributed by atoms with Crippen molar-refractivity contribution in [2.24, 2.45) is 10.9 Å². The maximum atomic E-state index is 14.0. The number of imide groups is 2. The van der Waals surface area contributed by atoms with Crippen molar-refractivity contribution >= 4 is 63.9 Å². The summed E-state index contributed by atoms with van der Waals surface area (Å²) in [5.41, 5.74) is 5.29. The zero-order valence-corrected chi connectivity index (χ0v) is 34.2. The number of halogens is 1. The zero-order valence-electron chi connectivity index (χ0n) is 32.7. The molecule has 2 aromatic carbocycles. The van der Waals surface area contributed by atoms with Gasteiger partial charge >= 0.3 is 0 Å². The van der Waals surface area contributed by atoms with Gasteiger partial charge in [0, 0.05) is 73.3 Å². The number of aliphatic imine (C=N–C) groups is 1. The minimum absolute atomic E-state index is 0.0567. The van der Waals surface area contributed by atoms with Gasteiger partial charge in [-0.15, -0.1) is 21.5 Å². The molecule has 7 heterocycles. The van der Waals surface area contributed by atoms with Crippen LogP contribution >= 0.6 is 22.9 Å². The fourth-order valence-electron chi connectivity index (χ4n) is 9.09.